The third kappa shape index (κ3) is 4.12. The Bertz CT molecular complexity index is 288. The fraction of sp³-hybridized carbons (Fsp3) is 1.00. The molecule has 3 aliphatic rings. The minimum absolute atomic E-state index is 0.452. The van der Waals surface area contributed by atoms with Crippen LogP contribution in [-0.2, 0) is 4.74 Å². The molecule has 2 heterocycles. The highest BCUT2D eigenvalue weighted by molar-refractivity contribution is 7.99. The molecule has 20 heavy (non-hydrogen) atoms. The second-order valence-electron chi connectivity index (χ2n) is 6.98. The molecule has 1 aliphatic carbocycles. The first-order valence-corrected chi connectivity index (χ1v) is 9.60. The van der Waals surface area contributed by atoms with Crippen LogP contribution >= 0.6 is 11.8 Å². The highest BCUT2D eigenvalue weighted by Crippen LogP contribution is 2.33. The Morgan fingerprint density at radius 2 is 2.00 bits per heavy atom. The third-order valence-corrected chi connectivity index (χ3v) is 6.58. The SMILES string of the molecule is CC1CCCC(CSC2CCC(C3CCCO3)NN2)C1. The normalized spacial score (nSPS) is 42.8. The fourth-order valence-electron chi connectivity index (χ4n) is 3.96. The lowest BCUT2D eigenvalue weighted by Gasteiger charge is -2.34. The Balaban J connectivity index is 1.34. The van der Waals surface area contributed by atoms with Gasteiger partial charge in [-0.1, -0.05) is 19.8 Å². The molecule has 1 saturated carbocycles. The number of hydrogen-bond acceptors (Lipinski definition) is 4. The zero-order chi connectivity index (χ0) is 13.8. The minimum Gasteiger partial charge on any atom is -0.377 e. The molecule has 3 rings (SSSR count). The van der Waals surface area contributed by atoms with Crippen molar-refractivity contribution in [3.63, 3.8) is 0 Å². The van der Waals surface area contributed by atoms with Crippen molar-refractivity contribution in [1.29, 1.82) is 0 Å². The van der Waals surface area contributed by atoms with Gasteiger partial charge in [0.1, 0.15) is 0 Å². The van der Waals surface area contributed by atoms with Crippen molar-refractivity contribution in [3.05, 3.63) is 0 Å². The van der Waals surface area contributed by atoms with E-state index in [0.29, 0.717) is 17.5 Å². The lowest BCUT2D eigenvalue weighted by atomic mass is 9.83. The summed E-state index contributed by atoms with van der Waals surface area (Å²) in [4.78, 5) is 0. The van der Waals surface area contributed by atoms with Crippen LogP contribution in [0, 0.1) is 11.8 Å². The van der Waals surface area contributed by atoms with Gasteiger partial charge in [-0.05, 0) is 56.1 Å². The van der Waals surface area contributed by atoms with Crippen molar-refractivity contribution in [1.82, 2.24) is 10.9 Å². The number of rotatable bonds is 4. The zero-order valence-electron chi connectivity index (χ0n) is 12.8. The van der Waals surface area contributed by atoms with E-state index in [4.69, 9.17) is 4.74 Å². The van der Waals surface area contributed by atoms with Crippen LogP contribution in [0.15, 0.2) is 0 Å². The van der Waals surface area contributed by atoms with Crippen LogP contribution in [0.25, 0.3) is 0 Å². The first-order valence-electron chi connectivity index (χ1n) is 8.55. The van der Waals surface area contributed by atoms with Crippen molar-refractivity contribution < 1.29 is 4.74 Å². The molecule has 0 radical (unpaired) electrons. The summed E-state index contributed by atoms with van der Waals surface area (Å²) in [5.74, 6) is 3.26. The molecule has 0 bridgehead atoms. The molecular formula is C16H30N2OS. The van der Waals surface area contributed by atoms with Crippen LogP contribution in [0.5, 0.6) is 0 Å². The lowest BCUT2D eigenvalue weighted by Crippen LogP contribution is -2.54. The Kier molecular flexibility index (Phi) is 5.66. The van der Waals surface area contributed by atoms with Crippen molar-refractivity contribution in [2.75, 3.05) is 12.4 Å². The Morgan fingerprint density at radius 1 is 1.05 bits per heavy atom. The minimum atomic E-state index is 0.452. The maximum atomic E-state index is 5.79. The largest absolute Gasteiger partial charge is 0.377 e. The van der Waals surface area contributed by atoms with E-state index in [9.17, 15) is 0 Å². The van der Waals surface area contributed by atoms with E-state index in [1.54, 1.807) is 0 Å². The monoisotopic (exact) mass is 298 g/mol. The molecule has 0 amide bonds. The molecule has 2 saturated heterocycles. The molecule has 4 heteroatoms. The van der Waals surface area contributed by atoms with Gasteiger partial charge < -0.3 is 4.74 Å². The number of hydrogen-bond donors (Lipinski definition) is 2. The topological polar surface area (TPSA) is 33.3 Å². The Labute approximate surface area is 128 Å². The smallest absolute Gasteiger partial charge is 0.0742 e. The summed E-state index contributed by atoms with van der Waals surface area (Å²) in [5, 5.41) is 0.602. The standard InChI is InChI=1S/C16H30N2OS/c1-12-4-2-5-13(10-12)11-20-16-8-7-14(17-18-16)15-6-3-9-19-15/h12-18H,2-11H2,1H3. The van der Waals surface area contributed by atoms with E-state index in [0.717, 1.165) is 18.4 Å². The van der Waals surface area contributed by atoms with Gasteiger partial charge in [0.25, 0.3) is 0 Å². The first-order chi connectivity index (χ1) is 9.81. The summed E-state index contributed by atoms with van der Waals surface area (Å²) in [7, 11) is 0. The molecule has 3 nitrogen and oxygen atoms in total. The van der Waals surface area contributed by atoms with Crippen LogP contribution in [0.4, 0.5) is 0 Å². The van der Waals surface area contributed by atoms with Crippen molar-refractivity contribution >= 4 is 11.8 Å². The second kappa shape index (κ2) is 7.48. The maximum absolute atomic E-state index is 5.79. The van der Waals surface area contributed by atoms with Gasteiger partial charge >= 0.3 is 0 Å². The summed E-state index contributed by atoms with van der Waals surface area (Å²) < 4.78 is 5.79. The first kappa shape index (κ1) is 15.1. The summed E-state index contributed by atoms with van der Waals surface area (Å²) in [6.07, 6.45) is 11.3. The molecule has 0 aromatic carbocycles. The van der Waals surface area contributed by atoms with E-state index in [2.05, 4.69) is 29.5 Å². The molecule has 0 spiro atoms. The van der Waals surface area contributed by atoms with Crippen molar-refractivity contribution in [2.24, 2.45) is 11.8 Å². The highest BCUT2D eigenvalue weighted by Gasteiger charge is 2.30. The molecule has 5 atom stereocenters. The molecule has 3 fully saturated rings. The Hall–Kier alpha value is 0.230. The number of nitrogens with one attached hydrogen (secondary N) is 2. The molecular weight excluding hydrogens is 268 g/mol. The number of ether oxygens (including phenoxy) is 1. The Morgan fingerprint density at radius 3 is 2.70 bits per heavy atom. The average molecular weight is 298 g/mol. The predicted molar refractivity (Wildman–Crippen MR) is 85.6 cm³/mol. The van der Waals surface area contributed by atoms with E-state index in [-0.39, 0.29) is 0 Å². The van der Waals surface area contributed by atoms with Crippen LogP contribution < -0.4 is 10.9 Å². The molecule has 2 aliphatic heterocycles. The molecule has 5 unspecified atom stereocenters. The second-order valence-corrected chi connectivity index (χ2v) is 8.22. The van der Waals surface area contributed by atoms with Crippen molar-refractivity contribution in [3.8, 4) is 0 Å². The van der Waals surface area contributed by atoms with Crippen LogP contribution in [-0.4, -0.2) is 29.9 Å². The van der Waals surface area contributed by atoms with Gasteiger partial charge in [-0.15, -0.1) is 11.8 Å². The summed E-state index contributed by atoms with van der Waals surface area (Å²) in [6.45, 7) is 3.38. The van der Waals surface area contributed by atoms with E-state index >= 15 is 0 Å². The molecule has 2 N–H and O–H groups in total. The number of hydrazine groups is 1. The van der Waals surface area contributed by atoms with Gasteiger partial charge in [0.15, 0.2) is 0 Å². The van der Waals surface area contributed by atoms with Gasteiger partial charge in [0.05, 0.1) is 11.5 Å². The average Bonchev–Trinajstić information content (AvgIpc) is 3.00. The summed E-state index contributed by atoms with van der Waals surface area (Å²) in [5.41, 5.74) is 7.04. The van der Waals surface area contributed by atoms with Crippen molar-refractivity contribution in [2.45, 2.75) is 75.8 Å². The summed E-state index contributed by atoms with van der Waals surface area (Å²) in [6, 6.07) is 0.532. The van der Waals surface area contributed by atoms with E-state index in [1.807, 2.05) is 0 Å². The van der Waals surface area contributed by atoms with E-state index < -0.39 is 0 Å². The van der Waals surface area contributed by atoms with E-state index in [1.165, 1.54) is 57.1 Å². The quantitative estimate of drug-likeness (QED) is 0.834. The van der Waals surface area contributed by atoms with Crippen LogP contribution in [0.1, 0.15) is 58.3 Å². The summed E-state index contributed by atoms with van der Waals surface area (Å²) >= 11 is 2.14. The third-order valence-electron chi connectivity index (χ3n) is 5.16. The maximum Gasteiger partial charge on any atom is 0.0742 e. The molecule has 0 aromatic rings. The lowest BCUT2D eigenvalue weighted by molar-refractivity contribution is 0.0610. The van der Waals surface area contributed by atoms with Gasteiger partial charge in [-0.25, -0.2) is 5.43 Å². The number of thioether (sulfide) groups is 1. The molecule has 116 valence electrons. The zero-order valence-corrected chi connectivity index (χ0v) is 13.6. The highest BCUT2D eigenvalue weighted by atomic mass is 32.2. The van der Waals surface area contributed by atoms with Gasteiger partial charge in [-0.3, -0.25) is 5.43 Å². The van der Waals surface area contributed by atoms with Gasteiger partial charge in [0.2, 0.25) is 0 Å². The van der Waals surface area contributed by atoms with Gasteiger partial charge in [-0.2, -0.15) is 0 Å². The van der Waals surface area contributed by atoms with Crippen LogP contribution in [0.2, 0.25) is 0 Å². The fourth-order valence-corrected chi connectivity index (χ4v) is 5.22. The molecule has 0 aromatic heterocycles. The van der Waals surface area contributed by atoms with Crippen LogP contribution in [0.3, 0.4) is 0 Å². The van der Waals surface area contributed by atoms with Gasteiger partial charge in [0, 0.05) is 12.6 Å². The predicted octanol–water partition coefficient (Wildman–Crippen LogP) is 3.31.